The van der Waals surface area contributed by atoms with Crippen LogP contribution >= 0.6 is 15.9 Å². The van der Waals surface area contributed by atoms with Crippen LogP contribution in [0, 0.1) is 0 Å². The molecule has 0 aliphatic rings. The Bertz CT molecular complexity index is 1490. The minimum atomic E-state index is 0.916. The van der Waals surface area contributed by atoms with E-state index in [2.05, 4.69) is 119 Å². The minimum absolute atomic E-state index is 0.916. The number of hydrogen-bond acceptors (Lipinski definition) is 3. The summed E-state index contributed by atoms with van der Waals surface area (Å²) in [5.74, 6) is 0. The molecule has 1 heterocycles. The van der Waals surface area contributed by atoms with Crippen molar-refractivity contribution < 1.29 is 0 Å². The molecule has 3 nitrogen and oxygen atoms in total. The van der Waals surface area contributed by atoms with E-state index >= 15 is 0 Å². The molecule has 0 atom stereocenters. The summed E-state index contributed by atoms with van der Waals surface area (Å²) >= 11 is 3.62. The Morgan fingerprint density at radius 3 is 2.19 bits per heavy atom. The fourth-order valence-corrected chi connectivity index (χ4v) is 4.79. The van der Waals surface area contributed by atoms with Crippen molar-refractivity contribution in [2.75, 3.05) is 18.0 Å². The molecule has 0 saturated heterocycles. The summed E-state index contributed by atoms with van der Waals surface area (Å²) in [7, 11) is 0. The molecule has 0 aliphatic heterocycles. The Hall–Kier alpha value is -3.76. The molecule has 0 N–H and O–H groups in total. The number of rotatable bonds is 7. The summed E-state index contributed by atoms with van der Waals surface area (Å²) in [6.45, 7) is 6.37. The molecule has 0 unspecified atom stereocenters. The zero-order valence-electron chi connectivity index (χ0n) is 20.5. The fourth-order valence-electron chi connectivity index (χ4n) is 4.43. The van der Waals surface area contributed by atoms with E-state index in [0.29, 0.717) is 0 Å². The Labute approximate surface area is 221 Å². The van der Waals surface area contributed by atoms with Gasteiger partial charge in [-0.2, -0.15) is 0 Å². The Morgan fingerprint density at radius 1 is 0.778 bits per heavy atom. The second kappa shape index (κ2) is 10.9. The SMILES string of the molecule is CCN(CC)c1ccc(C=Nc2ccc(-c3cc(-c4ccccc4)c4cc(Br)ccc4n3)cc2)cc1. The third kappa shape index (κ3) is 5.24. The highest BCUT2D eigenvalue weighted by atomic mass is 79.9. The standard InChI is InChI=1S/C32H28BrN3/c1-3-36(4-2)28-17-10-23(11-18-28)22-34-27-15-12-25(13-16-27)32-21-29(24-8-6-5-7-9-24)30-20-26(33)14-19-31(30)35-32/h5-22H,3-4H2,1-2H3. The van der Waals surface area contributed by atoms with E-state index in [9.17, 15) is 0 Å². The van der Waals surface area contributed by atoms with Crippen LogP contribution in [0.1, 0.15) is 19.4 Å². The number of halogens is 1. The summed E-state index contributed by atoms with van der Waals surface area (Å²) in [5, 5.41) is 1.13. The van der Waals surface area contributed by atoms with E-state index in [0.717, 1.165) is 51.0 Å². The van der Waals surface area contributed by atoms with E-state index in [1.54, 1.807) is 0 Å². The van der Waals surface area contributed by atoms with Crippen LogP contribution in [0.4, 0.5) is 11.4 Å². The van der Waals surface area contributed by atoms with Crippen LogP contribution in [0.15, 0.2) is 113 Å². The summed E-state index contributed by atoms with van der Waals surface area (Å²) in [6, 6.07) is 35.7. The second-order valence-electron chi connectivity index (χ2n) is 8.65. The van der Waals surface area contributed by atoms with Gasteiger partial charge in [-0.3, -0.25) is 4.99 Å². The van der Waals surface area contributed by atoms with Gasteiger partial charge in [0.05, 0.1) is 16.9 Å². The lowest BCUT2D eigenvalue weighted by atomic mass is 9.98. The van der Waals surface area contributed by atoms with Crippen LogP contribution in [-0.2, 0) is 0 Å². The molecular weight excluding hydrogens is 506 g/mol. The predicted molar refractivity (Wildman–Crippen MR) is 158 cm³/mol. The van der Waals surface area contributed by atoms with Crippen molar-refractivity contribution >= 4 is 44.4 Å². The highest BCUT2D eigenvalue weighted by molar-refractivity contribution is 9.10. The van der Waals surface area contributed by atoms with Gasteiger partial charge in [0.25, 0.3) is 0 Å². The normalized spacial score (nSPS) is 11.3. The molecule has 4 aromatic carbocycles. The van der Waals surface area contributed by atoms with Gasteiger partial charge in [0.2, 0.25) is 0 Å². The molecule has 0 amide bonds. The smallest absolute Gasteiger partial charge is 0.0716 e. The summed E-state index contributed by atoms with van der Waals surface area (Å²) in [5.41, 5.74) is 8.59. The third-order valence-electron chi connectivity index (χ3n) is 6.40. The number of pyridine rings is 1. The Kier molecular flexibility index (Phi) is 7.24. The van der Waals surface area contributed by atoms with E-state index < -0.39 is 0 Å². The molecule has 0 spiro atoms. The van der Waals surface area contributed by atoms with Crippen LogP contribution in [0.5, 0.6) is 0 Å². The number of nitrogens with zero attached hydrogens (tertiary/aromatic N) is 3. The monoisotopic (exact) mass is 533 g/mol. The fraction of sp³-hybridized carbons (Fsp3) is 0.125. The van der Waals surface area contributed by atoms with Crippen LogP contribution < -0.4 is 4.90 Å². The number of fused-ring (bicyclic) bond motifs is 1. The number of anilines is 1. The van der Waals surface area contributed by atoms with Crippen LogP contribution in [-0.4, -0.2) is 24.3 Å². The van der Waals surface area contributed by atoms with Gasteiger partial charge >= 0.3 is 0 Å². The quantitative estimate of drug-likeness (QED) is 0.195. The van der Waals surface area contributed by atoms with Gasteiger partial charge < -0.3 is 4.90 Å². The third-order valence-corrected chi connectivity index (χ3v) is 6.90. The molecule has 4 heteroatoms. The maximum Gasteiger partial charge on any atom is 0.0716 e. The molecule has 0 aliphatic carbocycles. The van der Waals surface area contributed by atoms with Crippen molar-refractivity contribution in [1.82, 2.24) is 4.98 Å². The molecule has 0 bridgehead atoms. The second-order valence-corrected chi connectivity index (χ2v) is 9.57. The Balaban J connectivity index is 1.42. The van der Waals surface area contributed by atoms with E-state index in [4.69, 9.17) is 4.98 Å². The molecule has 1 aromatic heterocycles. The van der Waals surface area contributed by atoms with Gasteiger partial charge in [0.15, 0.2) is 0 Å². The van der Waals surface area contributed by atoms with E-state index in [1.165, 1.54) is 16.8 Å². The zero-order valence-corrected chi connectivity index (χ0v) is 22.1. The summed E-state index contributed by atoms with van der Waals surface area (Å²) in [6.07, 6.45) is 1.92. The van der Waals surface area contributed by atoms with Crippen molar-refractivity contribution in [2.24, 2.45) is 4.99 Å². The average molecular weight is 535 g/mol. The summed E-state index contributed by atoms with van der Waals surface area (Å²) in [4.78, 5) is 12.0. The lowest BCUT2D eigenvalue weighted by Crippen LogP contribution is -2.21. The first-order valence-electron chi connectivity index (χ1n) is 12.3. The molecule has 0 saturated carbocycles. The maximum atomic E-state index is 4.97. The van der Waals surface area contributed by atoms with Crippen LogP contribution in [0.3, 0.4) is 0 Å². The molecular formula is C32H28BrN3. The van der Waals surface area contributed by atoms with Crippen LogP contribution in [0.2, 0.25) is 0 Å². The topological polar surface area (TPSA) is 28.5 Å². The highest BCUT2D eigenvalue weighted by Crippen LogP contribution is 2.34. The highest BCUT2D eigenvalue weighted by Gasteiger charge is 2.10. The number of hydrogen-bond donors (Lipinski definition) is 0. The molecule has 36 heavy (non-hydrogen) atoms. The molecule has 0 fully saturated rings. The van der Waals surface area contributed by atoms with Gasteiger partial charge in [0.1, 0.15) is 0 Å². The van der Waals surface area contributed by atoms with Crippen LogP contribution in [0.25, 0.3) is 33.3 Å². The van der Waals surface area contributed by atoms with E-state index in [1.807, 2.05) is 30.5 Å². The van der Waals surface area contributed by atoms with Crippen molar-refractivity contribution in [2.45, 2.75) is 13.8 Å². The Morgan fingerprint density at radius 2 is 1.50 bits per heavy atom. The maximum absolute atomic E-state index is 4.97. The number of aliphatic imine (C=N–C) groups is 1. The van der Waals surface area contributed by atoms with Crippen molar-refractivity contribution in [3.63, 3.8) is 0 Å². The molecule has 178 valence electrons. The van der Waals surface area contributed by atoms with Gasteiger partial charge in [-0.15, -0.1) is 0 Å². The predicted octanol–water partition coefficient (Wildman–Crippen LogP) is 8.93. The number of aromatic nitrogens is 1. The number of benzene rings is 4. The molecule has 5 aromatic rings. The van der Waals surface area contributed by atoms with Gasteiger partial charge in [-0.1, -0.05) is 70.5 Å². The van der Waals surface area contributed by atoms with Crippen molar-refractivity contribution in [3.05, 3.63) is 113 Å². The molecule has 5 rings (SSSR count). The van der Waals surface area contributed by atoms with Gasteiger partial charge in [-0.25, -0.2) is 4.98 Å². The molecule has 0 radical (unpaired) electrons. The summed E-state index contributed by atoms with van der Waals surface area (Å²) < 4.78 is 1.05. The first-order valence-corrected chi connectivity index (χ1v) is 13.1. The first-order chi connectivity index (χ1) is 17.6. The van der Waals surface area contributed by atoms with Gasteiger partial charge in [0, 0.05) is 40.4 Å². The minimum Gasteiger partial charge on any atom is -0.372 e. The first kappa shape index (κ1) is 24.0. The lowest BCUT2D eigenvalue weighted by Gasteiger charge is -2.20. The average Bonchev–Trinajstić information content (AvgIpc) is 2.93. The zero-order chi connectivity index (χ0) is 24.9. The van der Waals surface area contributed by atoms with Crippen molar-refractivity contribution in [3.8, 4) is 22.4 Å². The van der Waals surface area contributed by atoms with Gasteiger partial charge in [-0.05, 0) is 79.1 Å². The van der Waals surface area contributed by atoms with Crippen molar-refractivity contribution in [1.29, 1.82) is 0 Å². The van der Waals surface area contributed by atoms with E-state index in [-0.39, 0.29) is 0 Å². The largest absolute Gasteiger partial charge is 0.372 e. The lowest BCUT2D eigenvalue weighted by molar-refractivity contribution is 0.866.